The SMILES string of the molecule is Cc1ccc(CNC(=O)/C=C/c2c(C)nn(C)c2Cl)cc1F. The van der Waals surface area contributed by atoms with E-state index in [1.54, 1.807) is 36.9 Å². The largest absolute Gasteiger partial charge is 0.348 e. The van der Waals surface area contributed by atoms with Gasteiger partial charge < -0.3 is 5.32 Å². The summed E-state index contributed by atoms with van der Waals surface area (Å²) in [6.07, 6.45) is 3.01. The number of halogens is 2. The zero-order chi connectivity index (χ0) is 16.3. The lowest BCUT2D eigenvalue weighted by atomic mass is 10.1. The molecule has 2 aromatic rings. The van der Waals surface area contributed by atoms with Crippen molar-refractivity contribution in [3.8, 4) is 0 Å². The van der Waals surface area contributed by atoms with Crippen LogP contribution >= 0.6 is 11.6 Å². The molecule has 1 aromatic heterocycles. The van der Waals surface area contributed by atoms with Gasteiger partial charge in [0.05, 0.1) is 5.69 Å². The van der Waals surface area contributed by atoms with Crippen LogP contribution in [-0.4, -0.2) is 15.7 Å². The van der Waals surface area contributed by atoms with E-state index in [1.165, 1.54) is 12.1 Å². The molecule has 0 atom stereocenters. The fourth-order valence-electron chi connectivity index (χ4n) is 1.99. The van der Waals surface area contributed by atoms with Crippen molar-refractivity contribution in [2.24, 2.45) is 7.05 Å². The summed E-state index contributed by atoms with van der Waals surface area (Å²) in [5.41, 5.74) is 2.75. The molecule has 0 saturated carbocycles. The summed E-state index contributed by atoms with van der Waals surface area (Å²) in [6.45, 7) is 3.78. The molecule has 6 heteroatoms. The molecule has 0 unspecified atom stereocenters. The van der Waals surface area contributed by atoms with E-state index in [0.29, 0.717) is 21.8 Å². The van der Waals surface area contributed by atoms with Crippen LogP contribution in [0.15, 0.2) is 24.3 Å². The fourth-order valence-corrected chi connectivity index (χ4v) is 2.23. The minimum absolute atomic E-state index is 0.264. The van der Waals surface area contributed by atoms with Gasteiger partial charge in [-0.2, -0.15) is 5.10 Å². The second kappa shape index (κ2) is 6.75. The van der Waals surface area contributed by atoms with Crippen molar-refractivity contribution in [2.75, 3.05) is 0 Å². The minimum atomic E-state index is -0.278. The number of nitrogens with zero attached hydrogens (tertiary/aromatic N) is 2. The highest BCUT2D eigenvalue weighted by atomic mass is 35.5. The molecule has 1 heterocycles. The number of aromatic nitrogens is 2. The molecule has 0 spiro atoms. The van der Waals surface area contributed by atoms with E-state index in [2.05, 4.69) is 10.4 Å². The maximum atomic E-state index is 13.4. The lowest BCUT2D eigenvalue weighted by molar-refractivity contribution is -0.116. The van der Waals surface area contributed by atoms with Gasteiger partial charge in [-0.15, -0.1) is 0 Å². The number of rotatable bonds is 4. The molecular formula is C16H17ClFN3O. The van der Waals surface area contributed by atoms with Gasteiger partial charge in [0.15, 0.2) is 0 Å². The van der Waals surface area contributed by atoms with E-state index in [4.69, 9.17) is 11.6 Å². The van der Waals surface area contributed by atoms with Gasteiger partial charge in [0.2, 0.25) is 5.91 Å². The molecule has 22 heavy (non-hydrogen) atoms. The van der Waals surface area contributed by atoms with Crippen LogP contribution in [0, 0.1) is 19.7 Å². The van der Waals surface area contributed by atoms with Gasteiger partial charge in [0.25, 0.3) is 0 Å². The predicted molar refractivity (Wildman–Crippen MR) is 85.0 cm³/mol. The molecule has 0 bridgehead atoms. The minimum Gasteiger partial charge on any atom is -0.348 e. The molecule has 2 rings (SSSR count). The molecular weight excluding hydrogens is 305 g/mol. The summed E-state index contributed by atoms with van der Waals surface area (Å²) in [5, 5.41) is 7.33. The van der Waals surface area contributed by atoms with Crippen LogP contribution < -0.4 is 5.32 Å². The van der Waals surface area contributed by atoms with Crippen molar-refractivity contribution in [1.82, 2.24) is 15.1 Å². The molecule has 1 aromatic carbocycles. The number of carbonyl (C=O) groups is 1. The number of carbonyl (C=O) groups excluding carboxylic acids is 1. The molecule has 4 nitrogen and oxygen atoms in total. The first-order valence-corrected chi connectivity index (χ1v) is 7.16. The Morgan fingerprint density at radius 1 is 1.45 bits per heavy atom. The van der Waals surface area contributed by atoms with Crippen molar-refractivity contribution in [3.63, 3.8) is 0 Å². The van der Waals surface area contributed by atoms with Gasteiger partial charge >= 0.3 is 0 Å². The average molecular weight is 322 g/mol. The topological polar surface area (TPSA) is 46.9 Å². The van der Waals surface area contributed by atoms with Crippen molar-refractivity contribution in [2.45, 2.75) is 20.4 Å². The Morgan fingerprint density at radius 3 is 2.77 bits per heavy atom. The zero-order valence-corrected chi connectivity index (χ0v) is 13.4. The lowest BCUT2D eigenvalue weighted by Crippen LogP contribution is -2.20. The number of benzene rings is 1. The number of aryl methyl sites for hydroxylation is 3. The van der Waals surface area contributed by atoms with Crippen LogP contribution in [0.1, 0.15) is 22.4 Å². The normalized spacial score (nSPS) is 11.1. The number of hydrogen-bond acceptors (Lipinski definition) is 2. The predicted octanol–water partition coefficient (Wildman–Crippen LogP) is 3.16. The smallest absolute Gasteiger partial charge is 0.244 e. The molecule has 0 aliphatic heterocycles. The van der Waals surface area contributed by atoms with Crippen LogP contribution in [-0.2, 0) is 18.4 Å². The second-order valence-corrected chi connectivity index (χ2v) is 5.41. The first kappa shape index (κ1) is 16.2. The van der Waals surface area contributed by atoms with Gasteiger partial charge in [-0.25, -0.2) is 4.39 Å². The molecule has 1 amide bonds. The van der Waals surface area contributed by atoms with Gasteiger partial charge in [0.1, 0.15) is 11.0 Å². The number of nitrogens with one attached hydrogen (secondary N) is 1. The van der Waals surface area contributed by atoms with E-state index in [9.17, 15) is 9.18 Å². The Morgan fingerprint density at radius 2 is 2.18 bits per heavy atom. The van der Waals surface area contributed by atoms with Crippen molar-refractivity contribution < 1.29 is 9.18 Å². The standard InChI is InChI=1S/C16H17ClFN3O/c1-10-4-5-12(8-14(10)18)9-19-15(22)7-6-13-11(2)20-21(3)16(13)17/h4-8H,9H2,1-3H3,(H,19,22)/b7-6+. The molecule has 0 fully saturated rings. The first-order valence-electron chi connectivity index (χ1n) is 6.78. The average Bonchev–Trinajstić information content (AvgIpc) is 2.71. The third-order valence-electron chi connectivity index (χ3n) is 3.30. The fraction of sp³-hybridized carbons (Fsp3) is 0.250. The highest BCUT2D eigenvalue weighted by molar-refractivity contribution is 6.31. The van der Waals surface area contributed by atoms with Crippen LogP contribution in [0.5, 0.6) is 0 Å². The maximum absolute atomic E-state index is 13.4. The van der Waals surface area contributed by atoms with Crippen molar-refractivity contribution in [3.05, 3.63) is 57.6 Å². The molecule has 116 valence electrons. The Balaban J connectivity index is 1.98. The Kier molecular flexibility index (Phi) is 4.98. The highest BCUT2D eigenvalue weighted by Gasteiger charge is 2.08. The van der Waals surface area contributed by atoms with Gasteiger partial charge in [-0.1, -0.05) is 23.7 Å². The van der Waals surface area contributed by atoms with Gasteiger partial charge in [-0.05, 0) is 37.1 Å². The summed E-state index contributed by atoms with van der Waals surface area (Å²) in [7, 11) is 1.73. The highest BCUT2D eigenvalue weighted by Crippen LogP contribution is 2.19. The van der Waals surface area contributed by atoms with E-state index in [0.717, 1.165) is 5.69 Å². The van der Waals surface area contributed by atoms with Crippen molar-refractivity contribution in [1.29, 1.82) is 0 Å². The maximum Gasteiger partial charge on any atom is 0.244 e. The van der Waals surface area contributed by atoms with Gasteiger partial charge in [0, 0.05) is 25.2 Å². The third kappa shape index (κ3) is 3.74. The van der Waals surface area contributed by atoms with E-state index < -0.39 is 0 Å². The Labute approximate surface area is 133 Å². The monoisotopic (exact) mass is 321 g/mol. The van der Waals surface area contributed by atoms with Gasteiger partial charge in [-0.3, -0.25) is 9.48 Å². The summed E-state index contributed by atoms with van der Waals surface area (Å²) < 4.78 is 15.0. The van der Waals surface area contributed by atoms with Crippen LogP contribution in [0.2, 0.25) is 5.15 Å². The van der Waals surface area contributed by atoms with E-state index in [-0.39, 0.29) is 18.3 Å². The summed E-state index contributed by atoms with van der Waals surface area (Å²) in [6, 6.07) is 4.89. The molecule has 1 N–H and O–H groups in total. The number of hydrogen-bond donors (Lipinski definition) is 1. The van der Waals surface area contributed by atoms with Crippen LogP contribution in [0.25, 0.3) is 6.08 Å². The summed E-state index contributed by atoms with van der Waals surface area (Å²) in [4.78, 5) is 11.8. The van der Waals surface area contributed by atoms with E-state index in [1.807, 2.05) is 6.92 Å². The Hall–Kier alpha value is -2.14. The molecule has 0 saturated heterocycles. The van der Waals surface area contributed by atoms with Crippen LogP contribution in [0.3, 0.4) is 0 Å². The third-order valence-corrected chi connectivity index (χ3v) is 3.75. The lowest BCUT2D eigenvalue weighted by Gasteiger charge is -2.04. The molecule has 0 aliphatic rings. The Bertz CT molecular complexity index is 737. The summed E-state index contributed by atoms with van der Waals surface area (Å²) in [5.74, 6) is -0.555. The zero-order valence-electron chi connectivity index (χ0n) is 12.7. The van der Waals surface area contributed by atoms with E-state index >= 15 is 0 Å². The first-order chi connectivity index (χ1) is 10.4. The number of amides is 1. The quantitative estimate of drug-likeness (QED) is 0.879. The molecule has 0 aliphatic carbocycles. The van der Waals surface area contributed by atoms with Crippen LogP contribution in [0.4, 0.5) is 4.39 Å². The second-order valence-electron chi connectivity index (χ2n) is 5.05. The molecule has 0 radical (unpaired) electrons. The summed E-state index contributed by atoms with van der Waals surface area (Å²) >= 11 is 6.08. The van der Waals surface area contributed by atoms with Crippen molar-refractivity contribution >= 4 is 23.6 Å².